The first-order chi connectivity index (χ1) is 12.6. The molecule has 1 aliphatic rings. The molecule has 0 aromatic heterocycles. The van der Waals surface area contributed by atoms with Gasteiger partial charge in [-0.3, -0.25) is 0 Å². The Kier molecular flexibility index (Phi) is 6.00. The van der Waals surface area contributed by atoms with E-state index < -0.39 is 35.3 Å². The normalized spacial score (nSPS) is 24.8. The molecular weight excluding hydrogens is 406 g/mol. The van der Waals surface area contributed by atoms with Crippen LogP contribution in [0.5, 0.6) is 0 Å². The lowest BCUT2D eigenvalue weighted by Gasteiger charge is -2.19. The van der Waals surface area contributed by atoms with Gasteiger partial charge in [-0.1, -0.05) is 52.3 Å². The van der Waals surface area contributed by atoms with Gasteiger partial charge in [0.05, 0.1) is 11.1 Å². The second kappa shape index (κ2) is 8.42. The highest BCUT2D eigenvalue weighted by atomic mass is 79.9. The molecule has 0 spiro atoms. The Morgan fingerprint density at radius 2 is 1.50 bits per heavy atom. The van der Waals surface area contributed by atoms with Crippen molar-refractivity contribution in [1.82, 2.24) is 0 Å². The number of alkyl halides is 2. The van der Waals surface area contributed by atoms with Crippen molar-refractivity contribution in [2.24, 2.45) is 0 Å². The van der Waals surface area contributed by atoms with Crippen molar-refractivity contribution in [3.05, 3.63) is 71.8 Å². The van der Waals surface area contributed by atoms with Crippen molar-refractivity contribution >= 4 is 27.9 Å². The minimum Gasteiger partial charge on any atom is -0.459 e. The summed E-state index contributed by atoms with van der Waals surface area (Å²) in [6.45, 7) is -0.233. The first-order valence-corrected chi connectivity index (χ1v) is 8.89. The average molecular weight is 422 g/mol. The number of hydrogen-bond donors (Lipinski definition) is 0. The summed E-state index contributed by atoms with van der Waals surface area (Å²) in [5, 5.41) is -0.948. The molecule has 2 aromatic carbocycles. The SMILES string of the molecule is O=C(OC[C@H]1O[C@H](Br)[C@@H]([18F])[C@@H]1OC(=O)c1ccccc1)c1ccccc1. The summed E-state index contributed by atoms with van der Waals surface area (Å²) in [5.41, 5.74) is 0.674. The monoisotopic (exact) mass is 421 g/mol. The van der Waals surface area contributed by atoms with Crippen molar-refractivity contribution < 1.29 is 28.2 Å². The molecule has 0 amide bonds. The van der Waals surface area contributed by atoms with E-state index in [1.807, 2.05) is 0 Å². The summed E-state index contributed by atoms with van der Waals surface area (Å²) in [7, 11) is 0. The number of esters is 2. The van der Waals surface area contributed by atoms with E-state index in [9.17, 15) is 14.0 Å². The third-order valence-electron chi connectivity index (χ3n) is 3.88. The maximum absolute atomic E-state index is 14.4. The molecule has 3 rings (SSSR count). The Bertz CT molecular complexity index is 755. The van der Waals surface area contributed by atoms with Crippen LogP contribution in [0.3, 0.4) is 0 Å². The van der Waals surface area contributed by atoms with Crippen molar-refractivity contribution in [1.29, 1.82) is 0 Å². The van der Waals surface area contributed by atoms with Gasteiger partial charge in [0.15, 0.2) is 12.3 Å². The largest absolute Gasteiger partial charge is 0.459 e. The van der Waals surface area contributed by atoms with Crippen LogP contribution in [0.2, 0.25) is 0 Å². The lowest BCUT2D eigenvalue weighted by atomic mass is 10.1. The van der Waals surface area contributed by atoms with E-state index in [2.05, 4.69) is 15.9 Å². The highest BCUT2D eigenvalue weighted by molar-refractivity contribution is 9.09. The lowest BCUT2D eigenvalue weighted by Crippen LogP contribution is -2.37. The van der Waals surface area contributed by atoms with Gasteiger partial charge in [0.2, 0.25) is 0 Å². The summed E-state index contributed by atoms with van der Waals surface area (Å²) in [6, 6.07) is 16.7. The Labute approximate surface area is 158 Å². The first kappa shape index (κ1) is 18.5. The molecular formula is C19H16BrFO5. The van der Waals surface area contributed by atoms with Gasteiger partial charge in [-0.15, -0.1) is 0 Å². The minimum absolute atomic E-state index is 0.233. The number of benzene rings is 2. The van der Waals surface area contributed by atoms with Crippen LogP contribution in [0.25, 0.3) is 0 Å². The maximum atomic E-state index is 14.4. The van der Waals surface area contributed by atoms with E-state index in [0.29, 0.717) is 11.1 Å². The fourth-order valence-corrected chi connectivity index (χ4v) is 3.11. The topological polar surface area (TPSA) is 61.8 Å². The third-order valence-corrected chi connectivity index (χ3v) is 4.60. The summed E-state index contributed by atoms with van der Waals surface area (Å²) >= 11 is 3.05. The number of hydrogen-bond acceptors (Lipinski definition) is 5. The van der Waals surface area contributed by atoms with Gasteiger partial charge in [0, 0.05) is 0 Å². The molecule has 1 fully saturated rings. The molecule has 4 atom stereocenters. The van der Waals surface area contributed by atoms with E-state index in [-0.39, 0.29) is 6.61 Å². The Morgan fingerprint density at radius 3 is 2.08 bits per heavy atom. The molecule has 136 valence electrons. The Hall–Kier alpha value is -2.25. The predicted molar refractivity (Wildman–Crippen MR) is 94.9 cm³/mol. The number of halogens is 2. The molecule has 0 saturated carbocycles. The summed E-state index contributed by atoms with van der Waals surface area (Å²) in [5.74, 6) is -1.22. The van der Waals surface area contributed by atoms with Gasteiger partial charge in [-0.2, -0.15) is 0 Å². The highest BCUT2D eigenvalue weighted by Gasteiger charge is 2.47. The molecule has 5 nitrogen and oxygen atoms in total. The molecule has 7 heteroatoms. The van der Waals surface area contributed by atoms with E-state index >= 15 is 0 Å². The number of rotatable bonds is 5. The van der Waals surface area contributed by atoms with E-state index in [1.165, 1.54) is 0 Å². The molecule has 1 heterocycles. The standard InChI is InChI=1S/C19H16BrFO5/c20-17-15(21)16(26-19(23)13-9-5-2-6-10-13)14(25-17)11-24-18(22)12-7-3-1-4-8-12/h1-10,14-17H,11H2/t14-,15+,16-,17+/m1/s1/i21-1. The fraction of sp³-hybridized carbons (Fsp3) is 0.263. The maximum Gasteiger partial charge on any atom is 0.338 e. The zero-order chi connectivity index (χ0) is 18.5. The van der Waals surface area contributed by atoms with Crippen LogP contribution in [-0.4, -0.2) is 41.9 Å². The van der Waals surface area contributed by atoms with E-state index in [0.717, 1.165) is 0 Å². The van der Waals surface area contributed by atoms with Gasteiger partial charge in [0.1, 0.15) is 17.7 Å². The van der Waals surface area contributed by atoms with E-state index in [1.54, 1.807) is 60.7 Å². The Balaban J connectivity index is 1.63. The molecule has 26 heavy (non-hydrogen) atoms. The van der Waals surface area contributed by atoms with E-state index in [4.69, 9.17) is 14.2 Å². The number of carbonyl (C=O) groups is 2. The summed E-state index contributed by atoms with van der Waals surface area (Å²) < 4.78 is 30.2. The number of carbonyl (C=O) groups excluding carboxylic acids is 2. The van der Waals surface area contributed by atoms with Crippen LogP contribution in [0.1, 0.15) is 20.7 Å². The van der Waals surface area contributed by atoms with Crippen LogP contribution in [0.4, 0.5) is 4.39 Å². The molecule has 0 aliphatic carbocycles. The molecule has 0 bridgehead atoms. The van der Waals surface area contributed by atoms with Crippen LogP contribution in [0, 0.1) is 0 Å². The molecule has 2 aromatic rings. The zero-order valence-corrected chi connectivity index (χ0v) is 15.2. The predicted octanol–water partition coefficient (Wildman–Crippen LogP) is 3.53. The highest BCUT2D eigenvalue weighted by Crippen LogP contribution is 2.31. The molecule has 0 unspecified atom stereocenters. The third kappa shape index (κ3) is 4.28. The first-order valence-electron chi connectivity index (χ1n) is 7.98. The van der Waals surface area contributed by atoms with Crippen molar-refractivity contribution in [3.8, 4) is 0 Å². The van der Waals surface area contributed by atoms with Gasteiger partial charge in [0.25, 0.3) is 0 Å². The lowest BCUT2D eigenvalue weighted by molar-refractivity contribution is -0.0342. The summed E-state index contributed by atoms with van der Waals surface area (Å²) in [6.07, 6.45) is -3.67. The Morgan fingerprint density at radius 1 is 0.962 bits per heavy atom. The van der Waals surface area contributed by atoms with Crippen molar-refractivity contribution in [3.63, 3.8) is 0 Å². The smallest absolute Gasteiger partial charge is 0.338 e. The van der Waals surface area contributed by atoms with Crippen LogP contribution in [0.15, 0.2) is 60.7 Å². The zero-order valence-electron chi connectivity index (χ0n) is 13.6. The van der Waals surface area contributed by atoms with Crippen LogP contribution in [-0.2, 0) is 14.2 Å². The fourth-order valence-electron chi connectivity index (χ4n) is 2.53. The minimum atomic E-state index is -1.58. The van der Waals surface area contributed by atoms with Gasteiger partial charge >= 0.3 is 11.9 Å². The quantitative estimate of drug-likeness (QED) is 0.545. The van der Waals surface area contributed by atoms with Gasteiger partial charge in [-0.05, 0) is 24.3 Å². The molecule has 0 radical (unpaired) electrons. The van der Waals surface area contributed by atoms with Crippen molar-refractivity contribution in [2.75, 3.05) is 6.61 Å². The molecule has 0 N–H and O–H groups in total. The molecule has 1 saturated heterocycles. The van der Waals surface area contributed by atoms with Crippen molar-refractivity contribution in [2.45, 2.75) is 23.4 Å². The van der Waals surface area contributed by atoms with Crippen LogP contribution >= 0.6 is 15.9 Å². The average Bonchev–Trinajstić information content (AvgIpc) is 2.95. The van der Waals surface area contributed by atoms with Crippen LogP contribution < -0.4 is 0 Å². The second-order valence-electron chi connectivity index (χ2n) is 5.67. The van der Waals surface area contributed by atoms with Gasteiger partial charge in [-0.25, -0.2) is 14.0 Å². The summed E-state index contributed by atoms with van der Waals surface area (Å²) in [4.78, 5) is 24.2. The second-order valence-corrected chi connectivity index (χ2v) is 6.57. The molecule has 1 aliphatic heterocycles. The van der Waals surface area contributed by atoms with Gasteiger partial charge < -0.3 is 14.2 Å². The number of ether oxygens (including phenoxy) is 3.